The van der Waals surface area contributed by atoms with Crippen LogP contribution in [0.4, 0.5) is 0 Å². The topological polar surface area (TPSA) is 188 Å². The number of aromatic nitrogens is 1. The number of hydrogen-bond donors (Lipinski definition) is 4. The molecule has 1 spiro atoms. The van der Waals surface area contributed by atoms with E-state index < -0.39 is 79.4 Å². The molecule has 1 atom stereocenters. The minimum absolute atomic E-state index is 0.0581. The highest BCUT2D eigenvalue weighted by Gasteiger charge is 2.62. The highest BCUT2D eigenvalue weighted by atomic mass is 79.9. The molecule has 2 aromatic carbocycles. The van der Waals surface area contributed by atoms with E-state index in [2.05, 4.69) is 20.9 Å². The van der Waals surface area contributed by atoms with Crippen molar-refractivity contribution in [2.24, 2.45) is 0 Å². The Labute approximate surface area is 219 Å². The number of ether oxygens (including phenoxy) is 1. The van der Waals surface area contributed by atoms with Gasteiger partial charge in [-0.3, -0.25) is 28.8 Å². The molecule has 0 fully saturated rings. The molecular formula is C26H14BrNO10. The van der Waals surface area contributed by atoms with Gasteiger partial charge in [-0.2, -0.15) is 0 Å². The van der Waals surface area contributed by atoms with Crippen LogP contribution in [0.3, 0.4) is 0 Å². The molecule has 3 aromatic rings. The normalized spacial score (nSPS) is 19.6. The SMILES string of the molecule is COC1=CC(=O)c2c(O)c3c(c(O)c2C1=O)C(=O)[C@]1(CCc2c1c(O)c1c(=O)[nH]c(C=O)cc1c2Br)C3=O. The fourth-order valence-electron chi connectivity index (χ4n) is 5.87. The highest BCUT2D eigenvalue weighted by molar-refractivity contribution is 9.10. The average Bonchev–Trinajstić information content (AvgIpc) is 3.40. The number of hydrogen-bond acceptors (Lipinski definition) is 10. The molecule has 0 radical (unpaired) electrons. The number of phenols is 3. The number of allylic oxidation sites excluding steroid dienone is 2. The first kappa shape index (κ1) is 23.8. The van der Waals surface area contributed by atoms with Gasteiger partial charge in [0.2, 0.25) is 5.78 Å². The molecule has 0 saturated carbocycles. The first-order chi connectivity index (χ1) is 18.0. The lowest BCUT2D eigenvalue weighted by molar-refractivity contribution is 0.0790. The summed E-state index contributed by atoms with van der Waals surface area (Å²) in [6.07, 6.45) is 1.07. The first-order valence-corrected chi connectivity index (χ1v) is 11.9. The summed E-state index contributed by atoms with van der Waals surface area (Å²) in [5.41, 5.74) is -5.60. The van der Waals surface area contributed by atoms with Crippen molar-refractivity contribution in [2.45, 2.75) is 18.3 Å². The number of aromatic hydroxyl groups is 3. The number of pyridine rings is 1. The minimum Gasteiger partial charge on any atom is -0.507 e. The molecule has 0 amide bonds. The molecule has 0 bridgehead atoms. The number of phenolic OH excluding ortho intramolecular Hbond substituents is 3. The number of Topliss-reactive ketones (excluding diaryl/α,β-unsaturated/α-hetero) is 3. The van der Waals surface area contributed by atoms with E-state index in [0.717, 1.165) is 13.2 Å². The Morgan fingerprint density at radius 3 is 2.21 bits per heavy atom. The van der Waals surface area contributed by atoms with Gasteiger partial charge in [0.15, 0.2) is 29.4 Å². The van der Waals surface area contributed by atoms with Gasteiger partial charge in [0.25, 0.3) is 5.56 Å². The number of fused-ring (bicyclic) bond motifs is 5. The van der Waals surface area contributed by atoms with E-state index >= 15 is 0 Å². The number of carbonyl (C=O) groups excluding carboxylic acids is 5. The lowest BCUT2D eigenvalue weighted by Crippen LogP contribution is -2.36. The Hall–Kier alpha value is -4.58. The summed E-state index contributed by atoms with van der Waals surface area (Å²) in [6.45, 7) is 0. The molecule has 3 aliphatic rings. The van der Waals surface area contributed by atoms with Crippen molar-refractivity contribution in [3.05, 3.63) is 71.8 Å². The predicted molar refractivity (Wildman–Crippen MR) is 132 cm³/mol. The molecule has 190 valence electrons. The zero-order valence-corrected chi connectivity index (χ0v) is 20.8. The van der Waals surface area contributed by atoms with Gasteiger partial charge in [-0.25, -0.2) is 0 Å². The zero-order chi connectivity index (χ0) is 27.4. The summed E-state index contributed by atoms with van der Waals surface area (Å²) in [5.74, 6) is -6.94. The Balaban J connectivity index is 1.68. The Bertz CT molecular complexity index is 1860. The molecule has 1 heterocycles. The predicted octanol–water partition coefficient (Wildman–Crippen LogP) is 2.39. The van der Waals surface area contributed by atoms with Crippen LogP contribution in [0.15, 0.2) is 27.2 Å². The molecular weight excluding hydrogens is 566 g/mol. The second-order valence-electron chi connectivity index (χ2n) is 9.14. The molecule has 38 heavy (non-hydrogen) atoms. The molecule has 12 heteroatoms. The van der Waals surface area contributed by atoms with Gasteiger partial charge in [0, 0.05) is 21.5 Å². The van der Waals surface area contributed by atoms with Gasteiger partial charge in [0.05, 0.1) is 40.4 Å². The van der Waals surface area contributed by atoms with Gasteiger partial charge in [-0.1, -0.05) is 0 Å². The van der Waals surface area contributed by atoms with E-state index in [1.165, 1.54) is 6.07 Å². The summed E-state index contributed by atoms with van der Waals surface area (Å²) in [5, 5.41) is 33.3. The van der Waals surface area contributed by atoms with Crippen molar-refractivity contribution in [3.8, 4) is 17.2 Å². The Morgan fingerprint density at radius 1 is 0.974 bits per heavy atom. The first-order valence-electron chi connectivity index (χ1n) is 11.1. The van der Waals surface area contributed by atoms with Crippen LogP contribution >= 0.6 is 15.9 Å². The van der Waals surface area contributed by atoms with Crippen molar-refractivity contribution >= 4 is 56.1 Å². The number of carbonyl (C=O) groups is 5. The molecule has 6 rings (SSSR count). The summed E-state index contributed by atoms with van der Waals surface area (Å²) in [7, 11) is 1.12. The molecule has 4 N–H and O–H groups in total. The zero-order valence-electron chi connectivity index (χ0n) is 19.2. The molecule has 0 saturated heterocycles. The Morgan fingerprint density at radius 2 is 1.61 bits per heavy atom. The summed E-state index contributed by atoms with van der Waals surface area (Å²) in [6, 6.07) is 1.33. The molecule has 0 aliphatic heterocycles. The highest BCUT2D eigenvalue weighted by Crippen LogP contribution is 2.58. The third-order valence-electron chi connectivity index (χ3n) is 7.49. The van der Waals surface area contributed by atoms with E-state index in [1.54, 1.807) is 0 Å². The summed E-state index contributed by atoms with van der Waals surface area (Å²) < 4.78 is 5.16. The van der Waals surface area contributed by atoms with E-state index in [4.69, 9.17) is 4.74 Å². The lowest BCUT2D eigenvalue weighted by Gasteiger charge is -2.23. The number of methoxy groups -OCH3 is 1. The van der Waals surface area contributed by atoms with Gasteiger partial charge in [-0.05, 0) is 40.4 Å². The van der Waals surface area contributed by atoms with Gasteiger partial charge >= 0.3 is 0 Å². The number of nitrogens with one attached hydrogen (secondary N) is 1. The van der Waals surface area contributed by atoms with E-state index in [-0.39, 0.29) is 39.3 Å². The lowest BCUT2D eigenvalue weighted by atomic mass is 9.76. The summed E-state index contributed by atoms with van der Waals surface area (Å²) in [4.78, 5) is 79.9. The maximum atomic E-state index is 14.0. The fraction of sp³-hybridized carbons (Fsp3) is 0.154. The third-order valence-corrected chi connectivity index (χ3v) is 8.40. The van der Waals surface area contributed by atoms with Gasteiger partial charge in [0.1, 0.15) is 22.7 Å². The number of aromatic amines is 1. The number of benzene rings is 2. The minimum atomic E-state index is -2.16. The molecule has 11 nitrogen and oxygen atoms in total. The monoisotopic (exact) mass is 579 g/mol. The van der Waals surface area contributed by atoms with Crippen LogP contribution in [0.25, 0.3) is 10.8 Å². The molecule has 3 aliphatic carbocycles. The van der Waals surface area contributed by atoms with Crippen LogP contribution in [-0.4, -0.2) is 56.8 Å². The van der Waals surface area contributed by atoms with Crippen molar-refractivity contribution in [3.63, 3.8) is 0 Å². The number of ketones is 4. The quantitative estimate of drug-likeness (QED) is 0.199. The van der Waals surface area contributed by atoms with Gasteiger partial charge in [-0.15, -0.1) is 0 Å². The number of aldehydes is 1. The van der Waals surface area contributed by atoms with Crippen LogP contribution in [0, 0.1) is 0 Å². The van der Waals surface area contributed by atoms with Crippen molar-refractivity contribution in [1.29, 1.82) is 0 Å². The second-order valence-corrected chi connectivity index (χ2v) is 9.94. The van der Waals surface area contributed by atoms with Crippen molar-refractivity contribution in [1.82, 2.24) is 4.98 Å². The van der Waals surface area contributed by atoms with E-state index in [9.17, 15) is 44.1 Å². The maximum Gasteiger partial charge on any atom is 0.260 e. The van der Waals surface area contributed by atoms with Crippen LogP contribution in [0.5, 0.6) is 17.2 Å². The van der Waals surface area contributed by atoms with Crippen LogP contribution in [0.1, 0.15) is 69.5 Å². The molecule has 0 unspecified atom stereocenters. The molecule has 1 aromatic heterocycles. The smallest absolute Gasteiger partial charge is 0.260 e. The Kier molecular flexibility index (Phi) is 4.68. The van der Waals surface area contributed by atoms with E-state index in [0.29, 0.717) is 11.8 Å². The van der Waals surface area contributed by atoms with Crippen molar-refractivity contribution in [2.75, 3.05) is 7.11 Å². The van der Waals surface area contributed by atoms with Crippen molar-refractivity contribution < 1.29 is 44.0 Å². The van der Waals surface area contributed by atoms with Crippen LogP contribution in [-0.2, 0) is 16.6 Å². The van der Waals surface area contributed by atoms with Gasteiger partial charge < -0.3 is 25.0 Å². The van der Waals surface area contributed by atoms with Crippen LogP contribution in [0.2, 0.25) is 0 Å². The average molecular weight is 580 g/mol. The fourth-order valence-corrected chi connectivity index (χ4v) is 6.58. The van der Waals surface area contributed by atoms with E-state index in [1.807, 2.05) is 0 Å². The number of rotatable bonds is 2. The third kappa shape index (κ3) is 2.52. The maximum absolute atomic E-state index is 14.0. The summed E-state index contributed by atoms with van der Waals surface area (Å²) >= 11 is 3.37. The van der Waals surface area contributed by atoms with Crippen LogP contribution < -0.4 is 5.56 Å². The largest absolute Gasteiger partial charge is 0.507 e. The second kappa shape index (κ2) is 7.48. The standard InChI is InChI=1S/C26H14BrNO10/c1-38-11-5-10(30)13-14(19(11)31)21(33)16-15(20(13)32)23(35)26(24(16)36)3-2-8-17(26)22(34)12-9(18(8)27)4-7(6-29)28-25(12)37/h4-6,32-34H,2-3H2,1H3,(H,28,37)/t26-/m0/s1. The number of halogens is 1. The number of H-pyrrole nitrogens is 1.